The molecule has 15 nitrogen and oxygen atoms in total. The first-order chi connectivity index (χ1) is 21.0. The second-order valence-corrected chi connectivity index (χ2v) is 11.9. The van der Waals surface area contributed by atoms with E-state index in [-0.39, 0.29) is 36.2 Å². The van der Waals surface area contributed by atoms with Crippen molar-refractivity contribution in [1.82, 2.24) is 9.80 Å². The molecule has 0 aliphatic heterocycles. The standard InChI is InChI=1S/C30H39N5O10/c1-7-8-35(29(43)45-6)12-18(36)32-16-11-17(33(2)3)14-9-13-10-15-22(34(4)5)25(39)21(28(31)42)27(41)30(15,44)26(40)19(13)24(38)20(14)23(16)37/h11,13,15,22,37-38,41,44H,7-10,12H2,1-6H3,(H2,31,42)(H,32,36)/t13-,15-,22-,30-/m0/s1. The summed E-state index contributed by atoms with van der Waals surface area (Å²) in [5.41, 5.74) is 2.01. The number of ether oxygens (including phenoxy) is 1. The van der Waals surface area contributed by atoms with E-state index in [4.69, 9.17) is 10.5 Å². The monoisotopic (exact) mass is 629 g/mol. The van der Waals surface area contributed by atoms with Crippen molar-refractivity contribution in [1.29, 1.82) is 0 Å². The SMILES string of the molecule is CCCN(CC(=O)Nc1cc(N(C)C)c2c(c1O)C(O)=C1C(=O)[C@]3(O)C(O)=C(C(N)=O)C(=O)[C@@H](N(C)C)[C@@H]3C[C@@H]1C2)C(=O)OC. The Labute approximate surface area is 259 Å². The van der Waals surface area contributed by atoms with Crippen molar-refractivity contribution in [2.75, 3.05) is 58.6 Å². The van der Waals surface area contributed by atoms with Gasteiger partial charge in [0.05, 0.1) is 24.4 Å². The van der Waals surface area contributed by atoms with Gasteiger partial charge in [0.1, 0.15) is 29.4 Å². The maximum absolute atomic E-state index is 14.1. The number of carbonyl (C=O) groups is 5. The lowest BCUT2D eigenvalue weighted by molar-refractivity contribution is -0.153. The number of Topliss-reactive ketones (excluding diaryl/α,β-unsaturated/α-hetero) is 2. The molecule has 45 heavy (non-hydrogen) atoms. The highest BCUT2D eigenvalue weighted by Gasteiger charge is 2.64. The van der Waals surface area contributed by atoms with Crippen molar-refractivity contribution in [3.63, 3.8) is 0 Å². The molecule has 3 amide bonds. The topological polar surface area (TPSA) is 223 Å². The van der Waals surface area contributed by atoms with Gasteiger partial charge in [0.2, 0.25) is 11.7 Å². The number of nitrogens with zero attached hydrogens (tertiary/aromatic N) is 3. The van der Waals surface area contributed by atoms with E-state index < -0.39 is 82.3 Å². The number of aliphatic hydroxyl groups excluding tert-OH is 2. The fourth-order valence-electron chi connectivity index (χ4n) is 6.78. The number of benzene rings is 1. The minimum absolute atomic E-state index is 0.0569. The van der Waals surface area contributed by atoms with Gasteiger partial charge in [0.15, 0.2) is 11.4 Å². The van der Waals surface area contributed by atoms with Crippen LogP contribution in [0.1, 0.15) is 30.9 Å². The van der Waals surface area contributed by atoms with Crippen LogP contribution in [-0.2, 0) is 30.3 Å². The van der Waals surface area contributed by atoms with Crippen LogP contribution in [-0.4, -0.2) is 120 Å². The summed E-state index contributed by atoms with van der Waals surface area (Å²) in [4.78, 5) is 68.9. The Morgan fingerprint density at radius 3 is 2.31 bits per heavy atom. The predicted molar refractivity (Wildman–Crippen MR) is 161 cm³/mol. The van der Waals surface area contributed by atoms with Crippen LogP contribution >= 0.6 is 0 Å². The number of nitrogens with one attached hydrogen (secondary N) is 1. The fraction of sp³-hybridized carbons (Fsp3) is 0.500. The molecule has 7 N–H and O–H groups in total. The third-order valence-corrected chi connectivity index (χ3v) is 8.71. The Balaban J connectivity index is 1.86. The lowest BCUT2D eigenvalue weighted by Crippen LogP contribution is -2.65. The van der Waals surface area contributed by atoms with Crippen molar-refractivity contribution in [2.45, 2.75) is 37.8 Å². The maximum atomic E-state index is 14.1. The predicted octanol–water partition coefficient (Wildman–Crippen LogP) is 0.447. The van der Waals surface area contributed by atoms with Crippen LogP contribution in [0.5, 0.6) is 5.75 Å². The molecule has 3 aliphatic carbocycles. The van der Waals surface area contributed by atoms with Gasteiger partial charge >= 0.3 is 6.09 Å². The van der Waals surface area contributed by atoms with Gasteiger partial charge in [-0.3, -0.25) is 29.0 Å². The Kier molecular flexibility index (Phi) is 8.90. The number of carbonyl (C=O) groups excluding carboxylic acids is 5. The Hall–Kier alpha value is -4.63. The van der Waals surface area contributed by atoms with Gasteiger partial charge in [-0.15, -0.1) is 0 Å². The highest BCUT2D eigenvalue weighted by atomic mass is 16.5. The average molecular weight is 630 g/mol. The van der Waals surface area contributed by atoms with Gasteiger partial charge in [-0.1, -0.05) is 6.92 Å². The number of phenolic OH excluding ortho intramolecular Hbond substituents is 1. The normalized spacial score (nSPS) is 24.1. The molecule has 244 valence electrons. The largest absolute Gasteiger partial charge is 0.508 e. The molecule has 0 saturated heterocycles. The molecule has 1 saturated carbocycles. The van der Waals surface area contributed by atoms with Crippen LogP contribution in [0.4, 0.5) is 16.2 Å². The molecule has 4 rings (SSSR count). The van der Waals surface area contributed by atoms with E-state index in [1.54, 1.807) is 19.0 Å². The van der Waals surface area contributed by atoms with Gasteiger partial charge in [-0.05, 0) is 50.9 Å². The van der Waals surface area contributed by atoms with Gasteiger partial charge < -0.3 is 41.1 Å². The molecule has 0 unspecified atom stereocenters. The molecule has 1 aromatic rings. The second kappa shape index (κ2) is 12.0. The van der Waals surface area contributed by atoms with Gasteiger partial charge in [0, 0.05) is 37.8 Å². The molecule has 0 heterocycles. The zero-order valence-electron chi connectivity index (χ0n) is 26.0. The summed E-state index contributed by atoms with van der Waals surface area (Å²) in [7, 11) is 7.65. The molecule has 0 bridgehead atoms. The summed E-state index contributed by atoms with van der Waals surface area (Å²) < 4.78 is 4.73. The molecular weight excluding hydrogens is 590 g/mol. The second-order valence-electron chi connectivity index (χ2n) is 11.9. The Bertz CT molecular complexity index is 1550. The van der Waals surface area contributed by atoms with Gasteiger partial charge in [0.25, 0.3) is 5.91 Å². The van der Waals surface area contributed by atoms with Crippen molar-refractivity contribution in [2.24, 2.45) is 17.6 Å². The summed E-state index contributed by atoms with van der Waals surface area (Å²) in [5.74, 6) is -8.37. The number of methoxy groups -OCH3 is 1. The van der Waals surface area contributed by atoms with Crippen LogP contribution in [0.3, 0.4) is 0 Å². The Morgan fingerprint density at radius 2 is 1.78 bits per heavy atom. The van der Waals surface area contributed by atoms with Crippen LogP contribution < -0.4 is 16.0 Å². The van der Waals surface area contributed by atoms with E-state index in [9.17, 15) is 44.4 Å². The molecule has 0 aromatic heterocycles. The summed E-state index contributed by atoms with van der Waals surface area (Å²) in [6.45, 7) is 1.66. The van der Waals surface area contributed by atoms with Crippen LogP contribution in [0.25, 0.3) is 5.76 Å². The smallest absolute Gasteiger partial charge is 0.409 e. The highest BCUT2D eigenvalue weighted by Crippen LogP contribution is 2.54. The highest BCUT2D eigenvalue weighted by molar-refractivity contribution is 6.24. The molecule has 3 aliphatic rings. The quantitative estimate of drug-likeness (QED) is 0.170. The minimum Gasteiger partial charge on any atom is -0.508 e. The zero-order valence-corrected chi connectivity index (χ0v) is 26.0. The Morgan fingerprint density at radius 1 is 1.13 bits per heavy atom. The van der Waals surface area contributed by atoms with E-state index >= 15 is 0 Å². The number of rotatable bonds is 8. The third-order valence-electron chi connectivity index (χ3n) is 8.71. The molecule has 15 heteroatoms. The lowest BCUT2D eigenvalue weighted by atomic mass is 9.57. The number of hydrogen-bond donors (Lipinski definition) is 6. The van der Waals surface area contributed by atoms with Crippen molar-refractivity contribution in [3.8, 4) is 5.75 Å². The number of ketones is 2. The summed E-state index contributed by atoms with van der Waals surface area (Å²) >= 11 is 0. The zero-order chi connectivity index (χ0) is 33.7. The molecule has 1 aromatic carbocycles. The number of fused-ring (bicyclic) bond motifs is 3. The summed E-state index contributed by atoms with van der Waals surface area (Å²) in [6, 6.07) is 0.299. The summed E-state index contributed by atoms with van der Waals surface area (Å²) in [5, 5.41) is 48.3. The maximum Gasteiger partial charge on any atom is 0.409 e. The first kappa shape index (κ1) is 33.3. The first-order valence-electron chi connectivity index (χ1n) is 14.4. The van der Waals surface area contributed by atoms with Crippen molar-refractivity contribution in [3.05, 3.63) is 34.1 Å². The number of amides is 3. The number of hydrogen-bond acceptors (Lipinski definition) is 12. The summed E-state index contributed by atoms with van der Waals surface area (Å²) in [6.07, 6.45) is -0.139. The van der Waals surface area contributed by atoms with E-state index in [1.807, 2.05) is 6.92 Å². The van der Waals surface area contributed by atoms with Crippen LogP contribution in [0.15, 0.2) is 23.0 Å². The number of anilines is 2. The lowest BCUT2D eigenvalue weighted by Gasteiger charge is -2.50. The number of likely N-dealkylation sites (N-methyl/N-ethyl adjacent to an activating group) is 1. The fourth-order valence-corrected chi connectivity index (χ4v) is 6.78. The average Bonchev–Trinajstić information content (AvgIpc) is 2.95. The number of aromatic hydroxyl groups is 1. The number of primary amides is 1. The first-order valence-corrected chi connectivity index (χ1v) is 14.4. The van der Waals surface area contributed by atoms with Gasteiger partial charge in [-0.25, -0.2) is 4.79 Å². The minimum atomic E-state index is -2.77. The number of nitrogens with two attached hydrogens (primary N) is 1. The van der Waals surface area contributed by atoms with Gasteiger partial charge in [-0.2, -0.15) is 0 Å². The molecule has 4 atom stereocenters. The number of phenols is 1. The van der Waals surface area contributed by atoms with E-state index in [0.717, 1.165) is 0 Å². The van der Waals surface area contributed by atoms with Crippen LogP contribution in [0.2, 0.25) is 0 Å². The molecule has 0 spiro atoms. The van der Waals surface area contributed by atoms with E-state index in [2.05, 4.69) is 5.32 Å². The van der Waals surface area contributed by atoms with E-state index in [0.29, 0.717) is 17.7 Å². The number of aliphatic hydroxyl groups is 3. The van der Waals surface area contributed by atoms with Crippen molar-refractivity contribution >= 4 is 46.6 Å². The molecule has 0 radical (unpaired) electrons. The molecular formula is C30H39N5O10. The third kappa shape index (κ3) is 5.25. The van der Waals surface area contributed by atoms with Crippen molar-refractivity contribution < 1.29 is 49.1 Å². The van der Waals surface area contributed by atoms with Crippen LogP contribution in [0, 0.1) is 11.8 Å². The van der Waals surface area contributed by atoms with E-state index in [1.165, 1.54) is 37.1 Å². The molecule has 1 fully saturated rings.